The fourth-order valence-electron chi connectivity index (χ4n) is 3.06. The van der Waals surface area contributed by atoms with Crippen LogP contribution in [0.1, 0.15) is 10.4 Å². The van der Waals surface area contributed by atoms with Crippen LogP contribution in [-0.4, -0.2) is 46.9 Å². The summed E-state index contributed by atoms with van der Waals surface area (Å²) in [5, 5.41) is 4.45. The molecule has 0 saturated carbocycles. The summed E-state index contributed by atoms with van der Waals surface area (Å²) in [6, 6.07) is 19.7. The van der Waals surface area contributed by atoms with Crippen LogP contribution in [-0.2, 0) is 4.74 Å². The van der Waals surface area contributed by atoms with Gasteiger partial charge in [-0.25, -0.2) is 4.68 Å². The molecule has 0 aliphatic carbocycles. The molecule has 0 N–H and O–H groups in total. The second kappa shape index (κ2) is 6.91. The average molecular weight is 333 g/mol. The number of hydrogen-bond acceptors (Lipinski definition) is 3. The summed E-state index contributed by atoms with van der Waals surface area (Å²) in [4.78, 5) is 14.6. The van der Waals surface area contributed by atoms with Gasteiger partial charge in [-0.15, -0.1) is 0 Å². The SMILES string of the molecule is O=C(c1cccc(-n2nccc2-c2ccccc2)c1)N1CCOCC1. The monoisotopic (exact) mass is 333 g/mol. The number of carbonyl (C=O) groups excluding carboxylic acids is 1. The van der Waals surface area contributed by atoms with Crippen LogP contribution in [0.25, 0.3) is 16.9 Å². The number of hydrogen-bond donors (Lipinski definition) is 0. The van der Waals surface area contributed by atoms with Crippen molar-refractivity contribution >= 4 is 5.91 Å². The molecule has 1 aliphatic heterocycles. The minimum atomic E-state index is 0.0403. The van der Waals surface area contributed by atoms with E-state index in [0.717, 1.165) is 16.9 Å². The maximum atomic E-state index is 12.7. The van der Waals surface area contributed by atoms with Crippen LogP contribution >= 0.6 is 0 Å². The molecule has 1 saturated heterocycles. The standard InChI is InChI=1S/C20H19N3O2/c24-20(22-11-13-25-14-12-22)17-7-4-8-18(15-17)23-19(9-10-21-23)16-5-2-1-3-6-16/h1-10,15H,11-14H2. The van der Waals surface area contributed by atoms with Crippen molar-refractivity contribution in [2.45, 2.75) is 0 Å². The van der Waals surface area contributed by atoms with E-state index in [1.54, 1.807) is 6.20 Å². The fraction of sp³-hybridized carbons (Fsp3) is 0.200. The summed E-state index contributed by atoms with van der Waals surface area (Å²) in [7, 11) is 0. The third kappa shape index (κ3) is 3.19. The van der Waals surface area contributed by atoms with E-state index in [4.69, 9.17) is 4.74 Å². The molecular formula is C20H19N3O2. The molecule has 126 valence electrons. The zero-order valence-corrected chi connectivity index (χ0v) is 13.8. The average Bonchev–Trinajstić information content (AvgIpc) is 3.19. The van der Waals surface area contributed by atoms with Crippen LogP contribution in [0.5, 0.6) is 0 Å². The summed E-state index contributed by atoms with van der Waals surface area (Å²) in [6.07, 6.45) is 1.78. The number of rotatable bonds is 3. The van der Waals surface area contributed by atoms with Gasteiger partial charge in [-0.2, -0.15) is 5.10 Å². The maximum absolute atomic E-state index is 12.7. The predicted octanol–water partition coefficient (Wildman–Crippen LogP) is 3.01. The lowest BCUT2D eigenvalue weighted by atomic mass is 10.1. The van der Waals surface area contributed by atoms with Crippen LogP contribution in [0.4, 0.5) is 0 Å². The van der Waals surface area contributed by atoms with Crippen molar-refractivity contribution in [3.63, 3.8) is 0 Å². The summed E-state index contributed by atoms with van der Waals surface area (Å²) < 4.78 is 7.19. The first-order valence-electron chi connectivity index (χ1n) is 8.40. The zero-order valence-electron chi connectivity index (χ0n) is 13.8. The molecule has 1 fully saturated rings. The van der Waals surface area contributed by atoms with Gasteiger partial charge in [0.05, 0.1) is 30.8 Å². The highest BCUT2D eigenvalue weighted by molar-refractivity contribution is 5.94. The van der Waals surface area contributed by atoms with E-state index in [-0.39, 0.29) is 5.91 Å². The molecule has 0 radical (unpaired) electrons. The normalized spacial score (nSPS) is 14.5. The molecule has 5 heteroatoms. The number of ether oxygens (including phenoxy) is 1. The highest BCUT2D eigenvalue weighted by atomic mass is 16.5. The first-order chi connectivity index (χ1) is 12.3. The second-order valence-electron chi connectivity index (χ2n) is 5.95. The van der Waals surface area contributed by atoms with Gasteiger partial charge in [0.1, 0.15) is 0 Å². The highest BCUT2D eigenvalue weighted by Crippen LogP contribution is 2.23. The van der Waals surface area contributed by atoms with Crippen molar-refractivity contribution in [3.8, 4) is 16.9 Å². The number of benzene rings is 2. The molecule has 25 heavy (non-hydrogen) atoms. The molecule has 4 rings (SSSR count). The largest absolute Gasteiger partial charge is 0.378 e. The summed E-state index contributed by atoms with van der Waals surface area (Å²) >= 11 is 0. The van der Waals surface area contributed by atoms with E-state index in [2.05, 4.69) is 17.2 Å². The maximum Gasteiger partial charge on any atom is 0.254 e. The van der Waals surface area contributed by atoms with E-state index in [9.17, 15) is 4.79 Å². The molecule has 2 aromatic carbocycles. The quantitative estimate of drug-likeness (QED) is 0.740. The van der Waals surface area contributed by atoms with E-state index >= 15 is 0 Å². The topological polar surface area (TPSA) is 47.4 Å². The number of nitrogens with zero attached hydrogens (tertiary/aromatic N) is 3. The summed E-state index contributed by atoms with van der Waals surface area (Å²) in [5.41, 5.74) is 3.64. The Balaban J connectivity index is 1.67. The number of morpholine rings is 1. The molecule has 3 aromatic rings. The Bertz CT molecular complexity index is 867. The smallest absolute Gasteiger partial charge is 0.254 e. The van der Waals surface area contributed by atoms with Gasteiger partial charge in [0.2, 0.25) is 0 Å². The highest BCUT2D eigenvalue weighted by Gasteiger charge is 2.19. The molecule has 1 aliphatic rings. The van der Waals surface area contributed by atoms with Gasteiger partial charge < -0.3 is 9.64 Å². The lowest BCUT2D eigenvalue weighted by Crippen LogP contribution is -2.40. The predicted molar refractivity (Wildman–Crippen MR) is 95.7 cm³/mol. The van der Waals surface area contributed by atoms with Crippen molar-refractivity contribution in [1.29, 1.82) is 0 Å². The Labute approximate surface area is 146 Å². The van der Waals surface area contributed by atoms with Crippen molar-refractivity contribution in [1.82, 2.24) is 14.7 Å². The Kier molecular flexibility index (Phi) is 4.31. The van der Waals surface area contributed by atoms with Gasteiger partial charge in [0.15, 0.2) is 0 Å². The fourth-order valence-corrected chi connectivity index (χ4v) is 3.06. The lowest BCUT2D eigenvalue weighted by molar-refractivity contribution is 0.0303. The minimum absolute atomic E-state index is 0.0403. The van der Waals surface area contributed by atoms with E-state index in [1.165, 1.54) is 0 Å². The molecule has 1 amide bonds. The van der Waals surface area contributed by atoms with Crippen LogP contribution in [0.2, 0.25) is 0 Å². The molecule has 0 unspecified atom stereocenters. The van der Waals surface area contributed by atoms with Gasteiger partial charge in [0.25, 0.3) is 5.91 Å². The van der Waals surface area contributed by atoms with Crippen LogP contribution < -0.4 is 0 Å². The Morgan fingerprint density at radius 2 is 1.76 bits per heavy atom. The van der Waals surface area contributed by atoms with Crippen molar-refractivity contribution in [2.24, 2.45) is 0 Å². The third-order valence-electron chi connectivity index (χ3n) is 4.35. The molecular weight excluding hydrogens is 314 g/mol. The van der Waals surface area contributed by atoms with Gasteiger partial charge in [0, 0.05) is 24.2 Å². The van der Waals surface area contributed by atoms with Crippen LogP contribution in [0.15, 0.2) is 66.9 Å². The molecule has 1 aromatic heterocycles. The Morgan fingerprint density at radius 1 is 0.960 bits per heavy atom. The minimum Gasteiger partial charge on any atom is -0.378 e. The Hall–Kier alpha value is -2.92. The zero-order chi connectivity index (χ0) is 17.1. The third-order valence-corrected chi connectivity index (χ3v) is 4.35. The van der Waals surface area contributed by atoms with Crippen molar-refractivity contribution in [2.75, 3.05) is 26.3 Å². The van der Waals surface area contributed by atoms with Gasteiger partial charge in [-0.05, 0) is 24.3 Å². The van der Waals surface area contributed by atoms with Gasteiger partial charge >= 0.3 is 0 Å². The first kappa shape index (κ1) is 15.6. The van der Waals surface area contributed by atoms with Gasteiger partial charge in [-0.3, -0.25) is 4.79 Å². The number of carbonyl (C=O) groups is 1. The molecule has 0 spiro atoms. The number of amides is 1. The molecule has 5 nitrogen and oxygen atoms in total. The first-order valence-corrected chi connectivity index (χ1v) is 8.40. The summed E-state index contributed by atoms with van der Waals surface area (Å²) in [6.45, 7) is 2.48. The second-order valence-corrected chi connectivity index (χ2v) is 5.95. The molecule has 2 heterocycles. The lowest BCUT2D eigenvalue weighted by Gasteiger charge is -2.27. The molecule has 0 atom stereocenters. The van der Waals surface area contributed by atoms with Crippen molar-refractivity contribution in [3.05, 3.63) is 72.4 Å². The summed E-state index contributed by atoms with van der Waals surface area (Å²) in [5.74, 6) is 0.0403. The Morgan fingerprint density at radius 3 is 2.56 bits per heavy atom. The van der Waals surface area contributed by atoms with Crippen LogP contribution in [0, 0.1) is 0 Å². The van der Waals surface area contributed by atoms with E-state index < -0.39 is 0 Å². The van der Waals surface area contributed by atoms with Crippen LogP contribution in [0.3, 0.4) is 0 Å². The van der Waals surface area contributed by atoms with E-state index in [1.807, 2.05) is 58.1 Å². The number of aromatic nitrogens is 2. The van der Waals surface area contributed by atoms with Crippen molar-refractivity contribution < 1.29 is 9.53 Å². The van der Waals surface area contributed by atoms with Gasteiger partial charge in [-0.1, -0.05) is 36.4 Å². The molecule has 0 bridgehead atoms. The van der Waals surface area contributed by atoms with E-state index in [0.29, 0.717) is 31.9 Å².